The van der Waals surface area contributed by atoms with Gasteiger partial charge in [0.25, 0.3) is 0 Å². The predicted octanol–water partition coefficient (Wildman–Crippen LogP) is 2.67. The molecule has 0 saturated carbocycles. The Balaban J connectivity index is 2.23. The Kier molecular flexibility index (Phi) is 3.79. The third kappa shape index (κ3) is 2.60. The molecule has 0 atom stereocenters. The van der Waals surface area contributed by atoms with Gasteiger partial charge in [0.05, 0.1) is 7.11 Å². The average Bonchev–Trinajstić information content (AvgIpc) is 2.87. The van der Waals surface area contributed by atoms with Gasteiger partial charge in [-0.15, -0.1) is 0 Å². The van der Waals surface area contributed by atoms with Crippen LogP contribution in [0, 0.1) is 0 Å². The second-order valence-electron chi connectivity index (χ2n) is 3.76. The van der Waals surface area contributed by atoms with Crippen LogP contribution in [0.4, 0.5) is 0 Å². The lowest BCUT2D eigenvalue weighted by Crippen LogP contribution is -1.99. The summed E-state index contributed by atoms with van der Waals surface area (Å²) in [5.41, 5.74) is 0.535. The number of rotatable bonds is 5. The van der Waals surface area contributed by atoms with Crippen molar-refractivity contribution in [1.29, 1.82) is 0 Å². The van der Waals surface area contributed by atoms with E-state index >= 15 is 0 Å². The molecule has 0 radical (unpaired) electrons. The highest BCUT2D eigenvalue weighted by molar-refractivity contribution is 6.07. The Morgan fingerprint density at radius 1 is 1.22 bits per heavy atom. The van der Waals surface area contributed by atoms with Crippen LogP contribution >= 0.6 is 0 Å². The maximum Gasteiger partial charge on any atom is 0.228 e. The van der Waals surface area contributed by atoms with Gasteiger partial charge in [-0.25, -0.2) is 0 Å². The van der Waals surface area contributed by atoms with Crippen molar-refractivity contribution in [3.05, 3.63) is 53.5 Å². The molecule has 0 aliphatic heterocycles. The average molecular weight is 246 g/mol. The first kappa shape index (κ1) is 12.4. The van der Waals surface area contributed by atoms with E-state index < -0.39 is 0 Å². The molecule has 0 saturated heterocycles. The molecule has 0 fully saturated rings. The summed E-state index contributed by atoms with van der Waals surface area (Å²) in [4.78, 5) is 12.1. The fraction of sp³-hybridized carbons (Fsp3) is 0.214. The Morgan fingerprint density at radius 2 is 2.06 bits per heavy atom. The summed E-state index contributed by atoms with van der Waals surface area (Å²) in [6, 6.07) is 10.3. The van der Waals surface area contributed by atoms with Gasteiger partial charge in [0, 0.05) is 12.7 Å². The van der Waals surface area contributed by atoms with Crippen LogP contribution in [-0.2, 0) is 11.3 Å². The van der Waals surface area contributed by atoms with Crippen molar-refractivity contribution in [3.63, 3.8) is 0 Å². The lowest BCUT2D eigenvalue weighted by atomic mass is 10.1. The van der Waals surface area contributed by atoms with Crippen LogP contribution in [0.1, 0.15) is 21.9 Å². The quantitative estimate of drug-likeness (QED) is 0.761. The van der Waals surface area contributed by atoms with Gasteiger partial charge in [0.1, 0.15) is 18.1 Å². The smallest absolute Gasteiger partial charge is 0.228 e. The van der Waals surface area contributed by atoms with Crippen LogP contribution in [-0.4, -0.2) is 20.0 Å². The van der Waals surface area contributed by atoms with E-state index in [-0.39, 0.29) is 5.78 Å². The summed E-state index contributed by atoms with van der Waals surface area (Å²) in [6.45, 7) is 0.353. The van der Waals surface area contributed by atoms with E-state index in [2.05, 4.69) is 0 Å². The van der Waals surface area contributed by atoms with E-state index in [9.17, 15) is 4.79 Å². The summed E-state index contributed by atoms with van der Waals surface area (Å²) in [6.07, 6.45) is 0. The zero-order valence-electron chi connectivity index (χ0n) is 10.3. The molecule has 0 aliphatic carbocycles. The van der Waals surface area contributed by atoms with Crippen LogP contribution in [0.2, 0.25) is 0 Å². The lowest BCUT2D eigenvalue weighted by Gasteiger charge is -2.02. The first-order valence-electron chi connectivity index (χ1n) is 5.51. The van der Waals surface area contributed by atoms with E-state index in [0.717, 1.165) is 0 Å². The molecule has 0 N–H and O–H groups in total. The molecule has 1 aromatic carbocycles. The maximum absolute atomic E-state index is 12.1. The fourth-order valence-corrected chi connectivity index (χ4v) is 1.63. The third-order valence-electron chi connectivity index (χ3n) is 2.50. The van der Waals surface area contributed by atoms with E-state index in [1.165, 1.54) is 0 Å². The molecule has 4 nitrogen and oxygen atoms in total. The summed E-state index contributed by atoms with van der Waals surface area (Å²) in [5.74, 6) is 1.40. The van der Waals surface area contributed by atoms with Crippen molar-refractivity contribution < 1.29 is 18.7 Å². The minimum Gasteiger partial charge on any atom is -0.497 e. The third-order valence-corrected chi connectivity index (χ3v) is 2.50. The molecule has 0 aliphatic rings. The summed E-state index contributed by atoms with van der Waals surface area (Å²) in [5, 5.41) is 0. The zero-order valence-corrected chi connectivity index (χ0v) is 10.3. The lowest BCUT2D eigenvalue weighted by molar-refractivity contribution is 0.0999. The van der Waals surface area contributed by atoms with Crippen molar-refractivity contribution in [2.24, 2.45) is 0 Å². The molecule has 2 rings (SSSR count). The molecule has 18 heavy (non-hydrogen) atoms. The fourth-order valence-electron chi connectivity index (χ4n) is 1.63. The number of ether oxygens (including phenoxy) is 2. The number of hydrogen-bond acceptors (Lipinski definition) is 4. The van der Waals surface area contributed by atoms with Crippen LogP contribution in [0.25, 0.3) is 0 Å². The van der Waals surface area contributed by atoms with E-state index in [1.54, 1.807) is 50.6 Å². The van der Waals surface area contributed by atoms with Gasteiger partial charge in [-0.1, -0.05) is 12.1 Å². The highest BCUT2D eigenvalue weighted by Gasteiger charge is 2.14. The molecule has 0 unspecified atom stereocenters. The Labute approximate surface area is 105 Å². The molecule has 0 spiro atoms. The first-order valence-corrected chi connectivity index (χ1v) is 5.51. The molecule has 0 amide bonds. The monoisotopic (exact) mass is 246 g/mol. The van der Waals surface area contributed by atoms with Crippen molar-refractivity contribution >= 4 is 5.78 Å². The van der Waals surface area contributed by atoms with Crippen LogP contribution in [0.15, 0.2) is 40.8 Å². The number of benzene rings is 1. The summed E-state index contributed by atoms with van der Waals surface area (Å²) in [7, 11) is 3.14. The normalized spacial score (nSPS) is 10.3. The number of ketones is 1. The SMILES string of the molecule is COCc1ccc(C(=O)c2cccc(OC)c2)o1. The van der Waals surface area contributed by atoms with Crippen molar-refractivity contribution in [2.75, 3.05) is 14.2 Å². The minimum atomic E-state index is -0.170. The van der Waals surface area contributed by atoms with Gasteiger partial charge in [-0.3, -0.25) is 4.79 Å². The molecular formula is C14H14O4. The van der Waals surface area contributed by atoms with E-state index in [1.807, 2.05) is 0 Å². The highest BCUT2D eigenvalue weighted by Crippen LogP contribution is 2.18. The Morgan fingerprint density at radius 3 is 2.78 bits per heavy atom. The number of carbonyl (C=O) groups excluding carboxylic acids is 1. The van der Waals surface area contributed by atoms with E-state index in [0.29, 0.717) is 29.4 Å². The summed E-state index contributed by atoms with van der Waals surface area (Å²) >= 11 is 0. The molecule has 1 heterocycles. The largest absolute Gasteiger partial charge is 0.497 e. The van der Waals surface area contributed by atoms with Crippen molar-refractivity contribution in [2.45, 2.75) is 6.61 Å². The second kappa shape index (κ2) is 5.51. The van der Waals surface area contributed by atoms with Crippen LogP contribution < -0.4 is 4.74 Å². The van der Waals surface area contributed by atoms with Crippen LogP contribution in [0.3, 0.4) is 0 Å². The minimum absolute atomic E-state index is 0.170. The van der Waals surface area contributed by atoms with Crippen LogP contribution in [0.5, 0.6) is 5.75 Å². The number of methoxy groups -OCH3 is 2. The van der Waals surface area contributed by atoms with Gasteiger partial charge in [-0.05, 0) is 24.3 Å². The molecule has 0 bridgehead atoms. The molecule has 4 heteroatoms. The van der Waals surface area contributed by atoms with E-state index in [4.69, 9.17) is 13.9 Å². The first-order chi connectivity index (χ1) is 8.74. The van der Waals surface area contributed by atoms with Crippen molar-refractivity contribution in [1.82, 2.24) is 0 Å². The standard InChI is InChI=1S/C14H14O4/c1-16-9-12-6-7-13(18-12)14(15)10-4-3-5-11(8-10)17-2/h3-8H,9H2,1-2H3. The van der Waals surface area contributed by atoms with Gasteiger partial charge >= 0.3 is 0 Å². The van der Waals surface area contributed by atoms with Gasteiger partial charge < -0.3 is 13.9 Å². The summed E-state index contributed by atoms with van der Waals surface area (Å²) < 4.78 is 15.4. The molecule has 1 aromatic heterocycles. The van der Waals surface area contributed by atoms with Gasteiger partial charge in [0.2, 0.25) is 5.78 Å². The Hall–Kier alpha value is -2.07. The Bertz CT molecular complexity index is 542. The van der Waals surface area contributed by atoms with Crippen molar-refractivity contribution in [3.8, 4) is 5.75 Å². The van der Waals surface area contributed by atoms with Gasteiger partial charge in [-0.2, -0.15) is 0 Å². The maximum atomic E-state index is 12.1. The highest BCUT2D eigenvalue weighted by atomic mass is 16.5. The number of carbonyl (C=O) groups is 1. The number of furan rings is 1. The molecular weight excluding hydrogens is 232 g/mol. The topological polar surface area (TPSA) is 48.7 Å². The molecule has 2 aromatic rings. The molecule has 94 valence electrons. The zero-order chi connectivity index (χ0) is 13.0. The second-order valence-corrected chi connectivity index (χ2v) is 3.76. The number of hydrogen-bond donors (Lipinski definition) is 0. The predicted molar refractivity (Wildman–Crippen MR) is 65.8 cm³/mol. The van der Waals surface area contributed by atoms with Gasteiger partial charge in [0.15, 0.2) is 5.76 Å².